The standard InChI is InChI=1S/C20H22ClN3O4S/c1-28-20(27)18-16(7-12-29-18)22-17(25)13-23-8-4-9-24(11-10-23)19(26)14-5-2-3-6-15(14)21/h2-3,5-7,12H,4,8-11,13H2,1H3,(H,22,25). The van der Waals surface area contributed by atoms with Crippen LogP contribution in [0.3, 0.4) is 0 Å². The highest BCUT2D eigenvalue weighted by atomic mass is 35.5. The number of benzene rings is 1. The van der Waals surface area contributed by atoms with Crippen LogP contribution in [0, 0.1) is 0 Å². The zero-order valence-electron chi connectivity index (χ0n) is 16.0. The third kappa shape index (κ3) is 5.35. The number of amides is 2. The maximum absolute atomic E-state index is 12.7. The second-order valence-corrected chi connectivity index (χ2v) is 7.93. The molecule has 0 aliphatic carbocycles. The first-order chi connectivity index (χ1) is 14.0. The van der Waals surface area contributed by atoms with Gasteiger partial charge in [-0.1, -0.05) is 23.7 Å². The van der Waals surface area contributed by atoms with Crippen LogP contribution in [0.2, 0.25) is 5.02 Å². The Balaban J connectivity index is 1.55. The van der Waals surface area contributed by atoms with Crippen molar-refractivity contribution in [3.63, 3.8) is 0 Å². The van der Waals surface area contributed by atoms with Gasteiger partial charge in [-0.25, -0.2) is 4.79 Å². The van der Waals surface area contributed by atoms with Crippen LogP contribution < -0.4 is 5.32 Å². The van der Waals surface area contributed by atoms with Crippen LogP contribution in [-0.4, -0.2) is 67.4 Å². The summed E-state index contributed by atoms with van der Waals surface area (Å²) in [5, 5.41) is 4.94. The molecule has 0 saturated carbocycles. The minimum Gasteiger partial charge on any atom is -0.465 e. The highest BCUT2D eigenvalue weighted by Gasteiger charge is 2.23. The molecule has 1 N–H and O–H groups in total. The number of rotatable bonds is 5. The minimum atomic E-state index is -0.473. The number of esters is 1. The van der Waals surface area contributed by atoms with Crippen molar-refractivity contribution in [3.8, 4) is 0 Å². The number of thiophene rings is 1. The van der Waals surface area contributed by atoms with Crippen LogP contribution in [0.5, 0.6) is 0 Å². The number of carbonyl (C=O) groups is 3. The van der Waals surface area contributed by atoms with Gasteiger partial charge >= 0.3 is 5.97 Å². The predicted octanol–water partition coefficient (Wildman–Crippen LogP) is 2.97. The molecule has 9 heteroatoms. The molecule has 0 bridgehead atoms. The van der Waals surface area contributed by atoms with E-state index in [-0.39, 0.29) is 18.4 Å². The molecule has 1 aromatic carbocycles. The van der Waals surface area contributed by atoms with Gasteiger partial charge in [0.15, 0.2) is 0 Å². The molecule has 0 unspecified atom stereocenters. The summed E-state index contributed by atoms with van der Waals surface area (Å²) < 4.78 is 4.73. The van der Waals surface area contributed by atoms with E-state index in [4.69, 9.17) is 16.3 Å². The van der Waals surface area contributed by atoms with Crippen LogP contribution in [0.15, 0.2) is 35.7 Å². The lowest BCUT2D eigenvalue weighted by molar-refractivity contribution is -0.117. The third-order valence-electron chi connectivity index (χ3n) is 4.66. The van der Waals surface area contributed by atoms with E-state index in [1.807, 2.05) is 4.90 Å². The van der Waals surface area contributed by atoms with Gasteiger partial charge in [0.1, 0.15) is 4.88 Å². The molecule has 29 heavy (non-hydrogen) atoms. The van der Waals surface area contributed by atoms with Gasteiger partial charge in [0.25, 0.3) is 5.91 Å². The molecule has 3 rings (SSSR count). The SMILES string of the molecule is COC(=O)c1sccc1NC(=O)CN1CCCN(C(=O)c2ccccc2Cl)CC1. The Bertz CT molecular complexity index is 901. The second kappa shape index (κ2) is 9.87. The summed E-state index contributed by atoms with van der Waals surface area (Å²) in [5.74, 6) is -0.777. The number of hydrogen-bond acceptors (Lipinski definition) is 6. The Morgan fingerprint density at radius 2 is 1.93 bits per heavy atom. The molecule has 0 atom stereocenters. The average Bonchev–Trinajstić information content (AvgIpc) is 3.04. The van der Waals surface area contributed by atoms with Crippen molar-refractivity contribution in [1.29, 1.82) is 0 Å². The lowest BCUT2D eigenvalue weighted by Gasteiger charge is -2.22. The lowest BCUT2D eigenvalue weighted by Crippen LogP contribution is -2.38. The quantitative estimate of drug-likeness (QED) is 0.730. The molecule has 7 nitrogen and oxygen atoms in total. The zero-order chi connectivity index (χ0) is 20.8. The summed E-state index contributed by atoms with van der Waals surface area (Å²) in [6, 6.07) is 8.69. The number of hydrogen-bond donors (Lipinski definition) is 1. The van der Waals surface area contributed by atoms with E-state index in [9.17, 15) is 14.4 Å². The van der Waals surface area contributed by atoms with Crippen LogP contribution in [0.1, 0.15) is 26.5 Å². The number of nitrogens with one attached hydrogen (secondary N) is 1. The first-order valence-electron chi connectivity index (χ1n) is 9.21. The lowest BCUT2D eigenvalue weighted by atomic mass is 10.2. The summed E-state index contributed by atoms with van der Waals surface area (Å²) in [6.07, 6.45) is 0.759. The van der Waals surface area contributed by atoms with E-state index >= 15 is 0 Å². The van der Waals surface area contributed by atoms with E-state index in [0.29, 0.717) is 47.3 Å². The van der Waals surface area contributed by atoms with E-state index in [0.717, 1.165) is 6.42 Å². The molecule has 2 amide bonds. The summed E-state index contributed by atoms with van der Waals surface area (Å²) in [7, 11) is 1.31. The van der Waals surface area contributed by atoms with Gasteiger partial charge in [-0.3, -0.25) is 14.5 Å². The summed E-state index contributed by atoms with van der Waals surface area (Å²) in [6.45, 7) is 2.59. The predicted molar refractivity (Wildman–Crippen MR) is 113 cm³/mol. The Hall–Kier alpha value is -2.42. The highest BCUT2D eigenvalue weighted by Crippen LogP contribution is 2.23. The van der Waals surface area contributed by atoms with Gasteiger partial charge in [-0.2, -0.15) is 0 Å². The van der Waals surface area contributed by atoms with E-state index in [1.54, 1.807) is 40.6 Å². The fraction of sp³-hybridized carbons (Fsp3) is 0.350. The van der Waals surface area contributed by atoms with E-state index in [1.165, 1.54) is 18.4 Å². The van der Waals surface area contributed by atoms with Crippen molar-refractivity contribution in [2.24, 2.45) is 0 Å². The largest absolute Gasteiger partial charge is 0.465 e. The number of anilines is 1. The number of ether oxygens (including phenoxy) is 1. The Labute approximate surface area is 178 Å². The molecule has 1 aliphatic rings. The first-order valence-corrected chi connectivity index (χ1v) is 10.5. The van der Waals surface area contributed by atoms with Crippen molar-refractivity contribution in [3.05, 3.63) is 51.2 Å². The fourth-order valence-corrected chi connectivity index (χ4v) is 4.17. The molecule has 154 valence electrons. The van der Waals surface area contributed by atoms with Gasteiger partial charge in [0, 0.05) is 26.2 Å². The van der Waals surface area contributed by atoms with Crippen LogP contribution in [0.25, 0.3) is 0 Å². The Morgan fingerprint density at radius 3 is 2.69 bits per heavy atom. The van der Waals surface area contributed by atoms with Gasteiger partial charge in [-0.05, 0) is 30.0 Å². The minimum absolute atomic E-state index is 0.0945. The molecule has 1 saturated heterocycles. The molecule has 1 aliphatic heterocycles. The molecule has 1 aromatic heterocycles. The summed E-state index contributed by atoms with van der Waals surface area (Å²) >= 11 is 7.37. The van der Waals surface area contributed by atoms with Crippen LogP contribution in [0.4, 0.5) is 5.69 Å². The molecular formula is C20H22ClN3O4S. The van der Waals surface area contributed by atoms with Crippen LogP contribution >= 0.6 is 22.9 Å². The molecule has 0 spiro atoms. The topological polar surface area (TPSA) is 79.0 Å². The van der Waals surface area contributed by atoms with Crippen LogP contribution in [-0.2, 0) is 9.53 Å². The van der Waals surface area contributed by atoms with Crippen molar-refractivity contribution in [2.75, 3.05) is 45.2 Å². The highest BCUT2D eigenvalue weighted by molar-refractivity contribution is 7.12. The summed E-state index contributed by atoms with van der Waals surface area (Å²) in [5.41, 5.74) is 0.949. The second-order valence-electron chi connectivity index (χ2n) is 6.60. The van der Waals surface area contributed by atoms with Gasteiger partial charge in [-0.15, -0.1) is 11.3 Å². The number of nitrogens with zero attached hydrogens (tertiary/aromatic N) is 2. The number of halogens is 1. The number of carbonyl (C=O) groups excluding carboxylic acids is 3. The van der Waals surface area contributed by atoms with Gasteiger partial charge in [0.05, 0.1) is 29.9 Å². The Morgan fingerprint density at radius 1 is 1.14 bits per heavy atom. The van der Waals surface area contributed by atoms with E-state index < -0.39 is 5.97 Å². The first kappa shape index (κ1) is 21.3. The van der Waals surface area contributed by atoms with Crippen molar-refractivity contribution in [1.82, 2.24) is 9.80 Å². The Kier molecular flexibility index (Phi) is 7.24. The molecular weight excluding hydrogens is 414 g/mol. The smallest absolute Gasteiger partial charge is 0.350 e. The molecule has 2 aromatic rings. The fourth-order valence-electron chi connectivity index (χ4n) is 3.19. The van der Waals surface area contributed by atoms with Crippen molar-refractivity contribution < 1.29 is 19.1 Å². The van der Waals surface area contributed by atoms with Crippen molar-refractivity contribution >= 4 is 46.4 Å². The zero-order valence-corrected chi connectivity index (χ0v) is 17.6. The third-order valence-corrected chi connectivity index (χ3v) is 5.88. The summed E-state index contributed by atoms with van der Waals surface area (Å²) in [4.78, 5) is 41.1. The van der Waals surface area contributed by atoms with Crippen molar-refractivity contribution in [2.45, 2.75) is 6.42 Å². The average molecular weight is 436 g/mol. The molecule has 2 heterocycles. The van der Waals surface area contributed by atoms with E-state index in [2.05, 4.69) is 5.32 Å². The monoisotopic (exact) mass is 435 g/mol. The molecule has 0 radical (unpaired) electrons. The normalized spacial score (nSPS) is 14.9. The number of methoxy groups -OCH3 is 1. The van der Waals surface area contributed by atoms with Gasteiger partial charge < -0.3 is 15.0 Å². The maximum Gasteiger partial charge on any atom is 0.350 e. The molecule has 1 fully saturated rings. The maximum atomic E-state index is 12.7. The van der Waals surface area contributed by atoms with Gasteiger partial charge in [0.2, 0.25) is 5.91 Å².